The van der Waals surface area contributed by atoms with Crippen LogP contribution in [-0.2, 0) is 10.8 Å². The van der Waals surface area contributed by atoms with Crippen LogP contribution < -0.4 is 5.43 Å². The molecule has 112 valence electrons. The fourth-order valence-corrected chi connectivity index (χ4v) is 2.75. The fourth-order valence-electron chi connectivity index (χ4n) is 2.02. The Balaban J connectivity index is 3.00. The van der Waals surface area contributed by atoms with Gasteiger partial charge in [0.05, 0.1) is 27.3 Å². The van der Waals surface area contributed by atoms with Gasteiger partial charge in [0.25, 0.3) is 0 Å². The number of fused-ring (bicyclic) bond motifs is 1. The maximum absolute atomic E-state index is 13.8. The Hall–Kier alpha value is -1.89. The Morgan fingerprint density at radius 1 is 1.29 bits per heavy atom. The van der Waals surface area contributed by atoms with Crippen molar-refractivity contribution in [3.63, 3.8) is 0 Å². The van der Waals surface area contributed by atoms with Gasteiger partial charge in [0.1, 0.15) is 16.7 Å². The quantitative estimate of drug-likeness (QED) is 0.885. The van der Waals surface area contributed by atoms with Crippen LogP contribution in [0.5, 0.6) is 0 Å². The summed E-state index contributed by atoms with van der Waals surface area (Å²) >= 11 is 0. The van der Waals surface area contributed by atoms with Gasteiger partial charge in [-0.15, -0.1) is 0 Å². The van der Waals surface area contributed by atoms with E-state index in [1.807, 2.05) is 0 Å². The first-order valence-corrected chi connectivity index (χ1v) is 7.72. The molecule has 2 aromatic rings. The van der Waals surface area contributed by atoms with Crippen LogP contribution in [0.3, 0.4) is 0 Å². The molecule has 0 fully saturated rings. The SMILES string of the molecule is CC(C)C(=O)c1c(S(C)=O)[nH]c2c(F)cc(F)cc2c1=O. The number of halogens is 2. The van der Waals surface area contributed by atoms with Crippen molar-refractivity contribution in [2.75, 3.05) is 6.26 Å². The summed E-state index contributed by atoms with van der Waals surface area (Å²) in [6, 6.07) is 1.47. The van der Waals surface area contributed by atoms with Crippen LogP contribution in [-0.4, -0.2) is 21.2 Å². The number of ketones is 1. The van der Waals surface area contributed by atoms with E-state index >= 15 is 0 Å². The van der Waals surface area contributed by atoms with E-state index in [2.05, 4.69) is 4.98 Å². The molecule has 1 atom stereocenters. The fraction of sp³-hybridized carbons (Fsp3) is 0.286. The van der Waals surface area contributed by atoms with E-state index < -0.39 is 39.6 Å². The van der Waals surface area contributed by atoms with E-state index in [1.165, 1.54) is 6.26 Å². The van der Waals surface area contributed by atoms with Crippen LogP contribution in [0.1, 0.15) is 24.2 Å². The Morgan fingerprint density at radius 2 is 1.90 bits per heavy atom. The molecule has 0 bridgehead atoms. The van der Waals surface area contributed by atoms with Gasteiger partial charge in [-0.05, 0) is 6.07 Å². The molecule has 0 amide bonds. The molecule has 0 aliphatic heterocycles. The van der Waals surface area contributed by atoms with Gasteiger partial charge in [-0.25, -0.2) is 8.78 Å². The number of aromatic nitrogens is 1. The number of rotatable bonds is 3. The number of aromatic amines is 1. The summed E-state index contributed by atoms with van der Waals surface area (Å²) in [6.07, 6.45) is 1.27. The Morgan fingerprint density at radius 3 is 2.43 bits per heavy atom. The summed E-state index contributed by atoms with van der Waals surface area (Å²) in [5.41, 5.74) is -1.37. The largest absolute Gasteiger partial charge is 0.344 e. The Kier molecular flexibility index (Phi) is 4.04. The van der Waals surface area contributed by atoms with Gasteiger partial charge in [0.2, 0.25) is 5.43 Å². The van der Waals surface area contributed by atoms with Gasteiger partial charge in [-0.1, -0.05) is 13.8 Å². The minimum atomic E-state index is -1.69. The predicted molar refractivity (Wildman–Crippen MR) is 76.0 cm³/mol. The lowest BCUT2D eigenvalue weighted by molar-refractivity contribution is 0.0934. The van der Waals surface area contributed by atoms with E-state index in [1.54, 1.807) is 13.8 Å². The highest BCUT2D eigenvalue weighted by Gasteiger charge is 2.24. The Bertz CT molecular complexity index is 827. The van der Waals surface area contributed by atoms with Gasteiger partial charge in [-0.2, -0.15) is 0 Å². The molecule has 0 aliphatic rings. The first kappa shape index (κ1) is 15.5. The molecule has 1 N–H and O–H groups in total. The summed E-state index contributed by atoms with van der Waals surface area (Å²) in [5, 5.41) is -0.414. The number of nitrogens with one attached hydrogen (secondary N) is 1. The van der Waals surface area contributed by atoms with E-state index in [0.29, 0.717) is 6.07 Å². The van der Waals surface area contributed by atoms with Crippen molar-refractivity contribution in [1.29, 1.82) is 0 Å². The van der Waals surface area contributed by atoms with Gasteiger partial charge in [0.15, 0.2) is 5.78 Å². The summed E-state index contributed by atoms with van der Waals surface area (Å²) in [6.45, 7) is 3.17. The normalized spacial score (nSPS) is 12.9. The lowest BCUT2D eigenvalue weighted by atomic mass is 10.0. The summed E-state index contributed by atoms with van der Waals surface area (Å²) < 4.78 is 38.8. The smallest absolute Gasteiger partial charge is 0.201 e. The summed E-state index contributed by atoms with van der Waals surface area (Å²) in [4.78, 5) is 27.1. The van der Waals surface area contributed by atoms with Crippen molar-refractivity contribution in [3.8, 4) is 0 Å². The third-order valence-electron chi connectivity index (χ3n) is 3.05. The van der Waals surface area contributed by atoms with E-state index in [9.17, 15) is 22.6 Å². The van der Waals surface area contributed by atoms with Crippen molar-refractivity contribution in [2.24, 2.45) is 5.92 Å². The van der Waals surface area contributed by atoms with E-state index in [0.717, 1.165) is 6.07 Å². The van der Waals surface area contributed by atoms with Gasteiger partial charge in [-0.3, -0.25) is 13.8 Å². The molecular formula is C14H13F2NO3S. The topological polar surface area (TPSA) is 67.0 Å². The van der Waals surface area contributed by atoms with Gasteiger partial charge < -0.3 is 4.98 Å². The number of H-pyrrole nitrogens is 1. The van der Waals surface area contributed by atoms with Crippen LogP contribution in [0, 0.1) is 17.6 Å². The molecule has 4 nitrogen and oxygen atoms in total. The highest BCUT2D eigenvalue weighted by molar-refractivity contribution is 7.84. The number of benzene rings is 1. The lowest BCUT2D eigenvalue weighted by Gasteiger charge is -2.11. The molecule has 0 saturated heterocycles. The average Bonchev–Trinajstić information content (AvgIpc) is 2.38. The van der Waals surface area contributed by atoms with Crippen LogP contribution >= 0.6 is 0 Å². The third kappa shape index (κ3) is 2.65. The number of carbonyl (C=O) groups is 1. The Labute approximate surface area is 121 Å². The lowest BCUT2D eigenvalue weighted by Crippen LogP contribution is -2.24. The van der Waals surface area contributed by atoms with Crippen molar-refractivity contribution in [1.82, 2.24) is 4.98 Å². The number of carbonyl (C=O) groups excluding carboxylic acids is 1. The summed E-state index contributed by atoms with van der Waals surface area (Å²) in [5.74, 6) is -2.92. The second-order valence-corrected chi connectivity index (χ2v) is 6.26. The maximum atomic E-state index is 13.8. The zero-order chi connectivity index (χ0) is 15.9. The molecule has 1 heterocycles. The molecule has 0 radical (unpaired) electrons. The molecule has 21 heavy (non-hydrogen) atoms. The molecular weight excluding hydrogens is 300 g/mol. The van der Waals surface area contributed by atoms with Crippen molar-refractivity contribution < 1.29 is 17.8 Å². The third-order valence-corrected chi connectivity index (χ3v) is 3.93. The average molecular weight is 313 g/mol. The zero-order valence-corrected chi connectivity index (χ0v) is 12.4. The highest BCUT2D eigenvalue weighted by Crippen LogP contribution is 2.20. The highest BCUT2D eigenvalue weighted by atomic mass is 32.2. The van der Waals surface area contributed by atoms with Crippen LogP contribution in [0.4, 0.5) is 8.78 Å². The molecule has 1 aromatic carbocycles. The monoisotopic (exact) mass is 313 g/mol. The van der Waals surface area contributed by atoms with Gasteiger partial charge >= 0.3 is 0 Å². The second-order valence-electron chi connectivity index (χ2n) is 4.94. The minimum absolute atomic E-state index is 0.142. The first-order valence-electron chi connectivity index (χ1n) is 6.16. The molecule has 7 heteroatoms. The van der Waals surface area contributed by atoms with Crippen LogP contribution in [0.15, 0.2) is 22.0 Å². The zero-order valence-electron chi connectivity index (χ0n) is 11.6. The van der Waals surface area contributed by atoms with Crippen molar-refractivity contribution in [2.45, 2.75) is 18.9 Å². The van der Waals surface area contributed by atoms with E-state index in [4.69, 9.17) is 0 Å². The molecule has 1 unspecified atom stereocenters. The molecule has 0 saturated carbocycles. The number of Topliss-reactive ketones (excluding diaryl/α,β-unsaturated/α-hetero) is 1. The standard InChI is InChI=1S/C14H13F2NO3S/c1-6(2)12(18)10-13(19)8-4-7(15)5-9(16)11(8)17-14(10)21(3)20/h4-6H,1-3H3,(H,17,19). The first-order chi connectivity index (χ1) is 9.73. The molecule has 0 spiro atoms. The van der Waals surface area contributed by atoms with E-state index in [-0.39, 0.29) is 21.5 Å². The molecule has 0 aliphatic carbocycles. The van der Waals surface area contributed by atoms with Crippen molar-refractivity contribution in [3.05, 3.63) is 39.6 Å². The molecule has 1 aromatic heterocycles. The van der Waals surface area contributed by atoms with Crippen LogP contribution in [0.2, 0.25) is 0 Å². The summed E-state index contributed by atoms with van der Waals surface area (Å²) in [7, 11) is -1.69. The minimum Gasteiger partial charge on any atom is -0.344 e. The van der Waals surface area contributed by atoms with Crippen LogP contribution in [0.25, 0.3) is 10.9 Å². The molecule has 2 rings (SSSR count). The van der Waals surface area contributed by atoms with Gasteiger partial charge in [0, 0.05) is 18.2 Å². The van der Waals surface area contributed by atoms with Crippen molar-refractivity contribution >= 4 is 27.5 Å². The maximum Gasteiger partial charge on any atom is 0.201 e. The second kappa shape index (κ2) is 5.48. The predicted octanol–water partition coefficient (Wildman–Crippen LogP) is 2.38. The number of pyridine rings is 1. The number of hydrogen-bond acceptors (Lipinski definition) is 3. The number of hydrogen-bond donors (Lipinski definition) is 1.